The van der Waals surface area contributed by atoms with E-state index in [0.717, 1.165) is 82.6 Å². The zero-order valence-electron chi connectivity index (χ0n) is 33.2. The molecular formula is C57H33N3O2. The summed E-state index contributed by atoms with van der Waals surface area (Å²) in [5.74, 6) is 1.80. The Morgan fingerprint density at radius 1 is 0.242 bits per heavy atom. The fourth-order valence-electron chi connectivity index (χ4n) is 9.44. The molecule has 62 heavy (non-hydrogen) atoms. The van der Waals surface area contributed by atoms with Gasteiger partial charge < -0.3 is 8.83 Å². The van der Waals surface area contributed by atoms with Crippen molar-refractivity contribution in [1.29, 1.82) is 0 Å². The van der Waals surface area contributed by atoms with Crippen LogP contribution in [0.25, 0.3) is 133 Å². The van der Waals surface area contributed by atoms with Gasteiger partial charge in [-0.05, 0) is 97.0 Å². The first kappa shape index (κ1) is 34.5. The van der Waals surface area contributed by atoms with E-state index in [4.69, 9.17) is 23.8 Å². The smallest absolute Gasteiger partial charge is 0.164 e. The lowest BCUT2D eigenvalue weighted by atomic mass is 9.93. The molecule has 0 bridgehead atoms. The SMILES string of the molecule is c1ccc(-c2nc(-c3ccc4c5ccccc5c5ccccc5c4c3)nc(-c3cccc4oc5cc(-c6ccc7c(c6)oc6cccc(-c8ccccc8)c67)ccc5c34)n2)cc1. The molecule has 13 aromatic rings. The van der Waals surface area contributed by atoms with Crippen LogP contribution < -0.4 is 0 Å². The number of hydrogen-bond donors (Lipinski definition) is 0. The highest BCUT2D eigenvalue weighted by Crippen LogP contribution is 2.42. The molecule has 0 aliphatic heterocycles. The van der Waals surface area contributed by atoms with E-state index in [0.29, 0.717) is 17.5 Å². The van der Waals surface area contributed by atoms with Crippen molar-refractivity contribution in [3.05, 3.63) is 200 Å². The zero-order valence-corrected chi connectivity index (χ0v) is 33.2. The van der Waals surface area contributed by atoms with Crippen LogP contribution in [0.1, 0.15) is 0 Å². The normalized spacial score (nSPS) is 11.9. The molecule has 0 aliphatic rings. The first-order chi connectivity index (χ1) is 30.7. The standard InChI is InChI=1S/C57H33N3O2/c1-3-13-34(14-4-1)39-21-11-23-49-53(39)45-29-25-36(32-51(45)61-49)37-26-30-46-52(33-37)62-50-24-12-22-47(54(46)50)57-59-55(35-15-5-2-6-16-35)58-56(60-57)38-27-28-44-42-19-8-7-17-40(42)41-18-9-10-20-43(41)48(44)31-38/h1-33H. The van der Waals surface area contributed by atoms with E-state index in [2.05, 4.69) is 146 Å². The fourth-order valence-corrected chi connectivity index (χ4v) is 9.44. The summed E-state index contributed by atoms with van der Waals surface area (Å²) in [6.45, 7) is 0. The zero-order chi connectivity index (χ0) is 40.7. The van der Waals surface area contributed by atoms with Crippen LogP contribution in [-0.4, -0.2) is 15.0 Å². The van der Waals surface area contributed by atoms with Gasteiger partial charge in [0.25, 0.3) is 0 Å². The minimum Gasteiger partial charge on any atom is -0.456 e. The van der Waals surface area contributed by atoms with Crippen LogP contribution >= 0.6 is 0 Å². The van der Waals surface area contributed by atoms with Crippen molar-refractivity contribution in [3.63, 3.8) is 0 Å². The third-order valence-corrected chi connectivity index (χ3v) is 12.3. The van der Waals surface area contributed by atoms with Crippen LogP contribution in [0.3, 0.4) is 0 Å². The topological polar surface area (TPSA) is 65.0 Å². The molecule has 0 fully saturated rings. The van der Waals surface area contributed by atoms with Crippen molar-refractivity contribution in [2.24, 2.45) is 0 Å². The molecule has 288 valence electrons. The lowest BCUT2D eigenvalue weighted by Crippen LogP contribution is -2.00. The van der Waals surface area contributed by atoms with Crippen molar-refractivity contribution in [2.75, 3.05) is 0 Å². The number of furan rings is 2. The highest BCUT2D eigenvalue weighted by atomic mass is 16.3. The Morgan fingerprint density at radius 2 is 0.677 bits per heavy atom. The average Bonchev–Trinajstić information content (AvgIpc) is 3.92. The van der Waals surface area contributed by atoms with E-state index < -0.39 is 0 Å². The molecule has 10 aromatic carbocycles. The lowest BCUT2D eigenvalue weighted by molar-refractivity contribution is 0.668. The van der Waals surface area contributed by atoms with E-state index in [-0.39, 0.29) is 0 Å². The Bertz CT molecular complexity index is 3890. The first-order valence-corrected chi connectivity index (χ1v) is 20.8. The van der Waals surface area contributed by atoms with E-state index in [1.54, 1.807) is 0 Å². The van der Waals surface area contributed by atoms with Crippen molar-refractivity contribution >= 4 is 76.2 Å². The van der Waals surface area contributed by atoms with Gasteiger partial charge in [0.2, 0.25) is 0 Å². The van der Waals surface area contributed by atoms with Gasteiger partial charge >= 0.3 is 0 Å². The number of benzene rings is 10. The highest BCUT2D eigenvalue weighted by molar-refractivity contribution is 6.25. The van der Waals surface area contributed by atoms with Crippen molar-refractivity contribution in [1.82, 2.24) is 15.0 Å². The number of rotatable bonds is 5. The Balaban J connectivity index is 0.952. The second-order valence-electron chi connectivity index (χ2n) is 15.9. The number of nitrogens with zero attached hydrogens (tertiary/aromatic N) is 3. The van der Waals surface area contributed by atoms with Gasteiger partial charge in [-0.2, -0.15) is 0 Å². The van der Waals surface area contributed by atoms with Gasteiger partial charge in [-0.3, -0.25) is 0 Å². The fraction of sp³-hybridized carbons (Fsp3) is 0. The second-order valence-corrected chi connectivity index (χ2v) is 15.9. The molecule has 13 rings (SSSR count). The molecule has 0 saturated carbocycles. The van der Waals surface area contributed by atoms with Crippen LogP contribution in [0.5, 0.6) is 0 Å². The second kappa shape index (κ2) is 13.6. The number of hydrogen-bond acceptors (Lipinski definition) is 5. The largest absolute Gasteiger partial charge is 0.456 e. The number of aromatic nitrogens is 3. The van der Waals surface area contributed by atoms with Gasteiger partial charge in [-0.25, -0.2) is 15.0 Å². The van der Waals surface area contributed by atoms with Gasteiger partial charge in [-0.15, -0.1) is 0 Å². The summed E-state index contributed by atoms with van der Waals surface area (Å²) in [5.41, 5.74) is 10.4. The van der Waals surface area contributed by atoms with E-state index in [9.17, 15) is 0 Å². The Morgan fingerprint density at radius 3 is 1.27 bits per heavy atom. The molecule has 3 heterocycles. The molecule has 0 amide bonds. The van der Waals surface area contributed by atoms with E-state index in [1.807, 2.05) is 54.6 Å². The van der Waals surface area contributed by atoms with Crippen LogP contribution in [0.2, 0.25) is 0 Å². The molecule has 5 heteroatoms. The Labute approximate surface area is 355 Å². The van der Waals surface area contributed by atoms with Crippen molar-refractivity contribution in [2.45, 2.75) is 0 Å². The Hall–Kier alpha value is -8.41. The quantitative estimate of drug-likeness (QED) is 0.162. The van der Waals surface area contributed by atoms with Crippen LogP contribution in [0.15, 0.2) is 209 Å². The summed E-state index contributed by atoms with van der Waals surface area (Å²) in [6.07, 6.45) is 0. The minimum absolute atomic E-state index is 0.583. The molecule has 0 radical (unpaired) electrons. The third-order valence-electron chi connectivity index (χ3n) is 12.3. The molecule has 0 saturated heterocycles. The lowest BCUT2D eigenvalue weighted by Gasteiger charge is -2.13. The van der Waals surface area contributed by atoms with Gasteiger partial charge in [0.05, 0.1) is 0 Å². The third kappa shape index (κ3) is 5.38. The van der Waals surface area contributed by atoms with Crippen molar-refractivity contribution in [3.8, 4) is 56.4 Å². The summed E-state index contributed by atoms with van der Waals surface area (Å²) in [5, 5.41) is 11.4. The summed E-state index contributed by atoms with van der Waals surface area (Å²) in [7, 11) is 0. The van der Waals surface area contributed by atoms with E-state index in [1.165, 1.54) is 32.5 Å². The maximum atomic E-state index is 6.64. The van der Waals surface area contributed by atoms with Crippen LogP contribution in [0.4, 0.5) is 0 Å². The molecule has 0 atom stereocenters. The minimum atomic E-state index is 0.583. The Kier molecular flexibility index (Phi) is 7.54. The van der Waals surface area contributed by atoms with Gasteiger partial charge in [-0.1, -0.05) is 158 Å². The van der Waals surface area contributed by atoms with Crippen LogP contribution in [0, 0.1) is 0 Å². The van der Waals surface area contributed by atoms with Crippen LogP contribution in [-0.2, 0) is 0 Å². The van der Waals surface area contributed by atoms with Gasteiger partial charge in [0.15, 0.2) is 17.5 Å². The summed E-state index contributed by atoms with van der Waals surface area (Å²) < 4.78 is 13.1. The number of fused-ring (bicyclic) bond motifs is 12. The molecular weight excluding hydrogens is 759 g/mol. The monoisotopic (exact) mass is 791 g/mol. The maximum absolute atomic E-state index is 6.64. The molecule has 0 aliphatic carbocycles. The summed E-state index contributed by atoms with van der Waals surface area (Å²) >= 11 is 0. The van der Waals surface area contributed by atoms with E-state index >= 15 is 0 Å². The molecule has 3 aromatic heterocycles. The molecule has 0 unspecified atom stereocenters. The molecule has 5 nitrogen and oxygen atoms in total. The maximum Gasteiger partial charge on any atom is 0.164 e. The molecule has 0 spiro atoms. The van der Waals surface area contributed by atoms with Crippen molar-refractivity contribution < 1.29 is 8.83 Å². The highest BCUT2D eigenvalue weighted by Gasteiger charge is 2.20. The summed E-state index contributed by atoms with van der Waals surface area (Å²) in [6, 6.07) is 69.7. The predicted octanol–water partition coefficient (Wildman–Crippen LogP) is 15.5. The first-order valence-electron chi connectivity index (χ1n) is 20.8. The predicted molar refractivity (Wildman–Crippen MR) is 254 cm³/mol. The van der Waals surface area contributed by atoms with Gasteiger partial charge in [0.1, 0.15) is 22.3 Å². The molecule has 0 N–H and O–H groups in total. The average molecular weight is 792 g/mol. The van der Waals surface area contributed by atoms with Gasteiger partial charge in [0, 0.05) is 38.2 Å². The summed E-state index contributed by atoms with van der Waals surface area (Å²) in [4.78, 5) is 15.5.